The second-order valence-corrected chi connectivity index (χ2v) is 17.9. The average molecular weight is 540 g/mol. The Kier molecular flexibility index (Phi) is 8.13. The van der Waals surface area contributed by atoms with E-state index in [0.717, 1.165) is 11.6 Å². The zero-order chi connectivity index (χ0) is 26.6. The fourth-order valence-corrected chi connectivity index (χ4v) is 5.42. The van der Waals surface area contributed by atoms with E-state index in [1.54, 1.807) is 31.3 Å². The van der Waals surface area contributed by atoms with Crippen molar-refractivity contribution < 1.29 is 23.0 Å². The molecule has 0 amide bonds. The van der Waals surface area contributed by atoms with Crippen molar-refractivity contribution in [1.29, 1.82) is 0 Å². The van der Waals surface area contributed by atoms with Crippen LogP contribution in [0.3, 0.4) is 0 Å². The number of nitrogens with zero attached hydrogens (tertiary/aromatic N) is 3. The Bertz CT molecular complexity index is 1460. The number of hydrogen-bond donors (Lipinski definition) is 1. The van der Waals surface area contributed by atoms with Gasteiger partial charge in [0.25, 0.3) is 0 Å². The molecule has 0 radical (unpaired) electrons. The Morgan fingerprint density at radius 2 is 1.81 bits per heavy atom. The van der Waals surface area contributed by atoms with E-state index in [0.29, 0.717) is 47.4 Å². The summed E-state index contributed by atoms with van der Waals surface area (Å²) >= 11 is 0. The molecule has 4 rings (SSSR count). The molecule has 10 heteroatoms. The number of aromatic nitrogens is 3. The quantitative estimate of drug-likeness (QED) is 0.199. The molecule has 0 aliphatic carbocycles. The van der Waals surface area contributed by atoms with E-state index in [-0.39, 0.29) is 17.3 Å². The Balaban J connectivity index is 1.72. The van der Waals surface area contributed by atoms with E-state index in [2.05, 4.69) is 24.6 Å². The van der Waals surface area contributed by atoms with Gasteiger partial charge in [-0.05, 0) is 48.5 Å². The molecular formula is C27H33N3O5SSi. The van der Waals surface area contributed by atoms with Crippen LogP contribution in [0.2, 0.25) is 25.7 Å². The normalized spacial score (nSPS) is 12.2. The minimum atomic E-state index is -3.30. The maximum Gasteiger partial charge on any atom is 0.178 e. The molecule has 37 heavy (non-hydrogen) atoms. The van der Waals surface area contributed by atoms with Crippen LogP contribution in [0.15, 0.2) is 65.7 Å². The molecular weight excluding hydrogens is 506 g/mol. The van der Waals surface area contributed by atoms with E-state index in [9.17, 15) is 13.5 Å². The molecule has 2 aromatic heterocycles. The predicted molar refractivity (Wildman–Crippen MR) is 147 cm³/mol. The van der Waals surface area contributed by atoms with Crippen molar-refractivity contribution in [3.8, 4) is 23.0 Å². The molecule has 196 valence electrons. The number of aliphatic hydroxyl groups is 1. The van der Waals surface area contributed by atoms with Crippen molar-refractivity contribution in [3.63, 3.8) is 0 Å². The van der Waals surface area contributed by atoms with Gasteiger partial charge in [-0.25, -0.2) is 13.4 Å². The highest BCUT2D eigenvalue weighted by molar-refractivity contribution is 7.91. The summed E-state index contributed by atoms with van der Waals surface area (Å²) in [6, 6.07) is 16.6. The van der Waals surface area contributed by atoms with Gasteiger partial charge in [0.1, 0.15) is 23.9 Å². The fraction of sp³-hybridized carbons (Fsp3) is 0.333. The number of pyridine rings is 1. The van der Waals surface area contributed by atoms with Crippen molar-refractivity contribution in [2.45, 2.75) is 50.8 Å². The maximum atomic E-state index is 12.1. The van der Waals surface area contributed by atoms with Crippen LogP contribution in [-0.2, 0) is 27.9 Å². The number of ether oxygens (including phenoxy) is 2. The Morgan fingerprint density at radius 3 is 2.43 bits per heavy atom. The maximum absolute atomic E-state index is 12.1. The molecule has 1 N–H and O–H groups in total. The summed E-state index contributed by atoms with van der Waals surface area (Å²) in [4.78, 5) is 9.53. The molecule has 2 heterocycles. The lowest BCUT2D eigenvalue weighted by Crippen LogP contribution is -2.22. The molecule has 0 bridgehead atoms. The minimum absolute atomic E-state index is 0.0289. The van der Waals surface area contributed by atoms with Gasteiger partial charge in [-0.1, -0.05) is 32.6 Å². The smallest absolute Gasteiger partial charge is 0.178 e. The van der Waals surface area contributed by atoms with Crippen LogP contribution in [0.25, 0.3) is 22.6 Å². The van der Waals surface area contributed by atoms with Crippen molar-refractivity contribution >= 4 is 28.9 Å². The van der Waals surface area contributed by atoms with Crippen LogP contribution in [0, 0.1) is 0 Å². The molecule has 0 unspecified atom stereocenters. The van der Waals surface area contributed by atoms with Crippen LogP contribution >= 0.6 is 0 Å². The first-order valence-corrected chi connectivity index (χ1v) is 17.6. The second kappa shape index (κ2) is 11.1. The zero-order valence-electron chi connectivity index (χ0n) is 21.6. The standard InChI is InChI=1S/C27H33N3O5SSi/c1-5-36(32,33)22-11-9-21(10-12-22)35-26-17-25-24(16-20(26)18-31)29-27(23-8-6-7-13-28-23)30(25)19-34-14-15-37(2,3)4/h6-13,16-17,31H,5,14-15,18-19H2,1-4H3. The zero-order valence-corrected chi connectivity index (χ0v) is 23.5. The van der Waals surface area contributed by atoms with Gasteiger partial charge in [0, 0.05) is 32.5 Å². The lowest BCUT2D eigenvalue weighted by Gasteiger charge is -2.16. The highest BCUT2D eigenvalue weighted by atomic mass is 32.2. The highest BCUT2D eigenvalue weighted by Gasteiger charge is 2.19. The number of rotatable bonds is 11. The van der Waals surface area contributed by atoms with E-state index < -0.39 is 17.9 Å². The summed E-state index contributed by atoms with van der Waals surface area (Å²) in [7, 11) is -4.55. The van der Waals surface area contributed by atoms with E-state index in [4.69, 9.17) is 14.5 Å². The molecule has 0 saturated heterocycles. The highest BCUT2D eigenvalue weighted by Crippen LogP contribution is 2.33. The van der Waals surface area contributed by atoms with Crippen LogP contribution in [0.1, 0.15) is 12.5 Å². The van der Waals surface area contributed by atoms with Crippen LogP contribution < -0.4 is 4.74 Å². The van der Waals surface area contributed by atoms with Crippen molar-refractivity contribution in [1.82, 2.24) is 14.5 Å². The first-order chi connectivity index (χ1) is 17.6. The largest absolute Gasteiger partial charge is 0.457 e. The molecule has 0 spiro atoms. The summed E-state index contributed by atoms with van der Waals surface area (Å²) in [5.41, 5.74) is 2.75. The first-order valence-electron chi connectivity index (χ1n) is 12.2. The van der Waals surface area contributed by atoms with Gasteiger partial charge in [-0.2, -0.15) is 0 Å². The van der Waals surface area contributed by atoms with E-state index >= 15 is 0 Å². The minimum Gasteiger partial charge on any atom is -0.457 e. The Labute approximate surface area is 218 Å². The number of hydrogen-bond acceptors (Lipinski definition) is 7. The van der Waals surface area contributed by atoms with E-state index in [1.165, 1.54) is 12.1 Å². The van der Waals surface area contributed by atoms with Gasteiger partial charge < -0.3 is 14.6 Å². The van der Waals surface area contributed by atoms with Gasteiger partial charge in [-0.15, -0.1) is 0 Å². The van der Waals surface area contributed by atoms with E-state index in [1.807, 2.05) is 28.8 Å². The van der Waals surface area contributed by atoms with Crippen LogP contribution in [0.5, 0.6) is 11.5 Å². The number of aliphatic hydroxyl groups excluding tert-OH is 1. The molecule has 0 aliphatic heterocycles. The number of sulfone groups is 1. The van der Waals surface area contributed by atoms with Gasteiger partial charge >= 0.3 is 0 Å². The van der Waals surface area contributed by atoms with Gasteiger partial charge in [-0.3, -0.25) is 9.55 Å². The third-order valence-corrected chi connectivity index (χ3v) is 9.46. The van der Waals surface area contributed by atoms with Crippen molar-refractivity contribution in [2.75, 3.05) is 12.4 Å². The fourth-order valence-electron chi connectivity index (χ4n) is 3.78. The summed E-state index contributed by atoms with van der Waals surface area (Å²) in [5.74, 6) is 1.61. The van der Waals surface area contributed by atoms with Gasteiger partial charge in [0.05, 0.1) is 28.3 Å². The van der Waals surface area contributed by atoms with Crippen LogP contribution in [0.4, 0.5) is 0 Å². The number of benzene rings is 2. The van der Waals surface area contributed by atoms with Crippen molar-refractivity contribution in [2.24, 2.45) is 0 Å². The molecule has 0 saturated carbocycles. The molecule has 8 nitrogen and oxygen atoms in total. The second-order valence-electron chi connectivity index (χ2n) is 10.0. The van der Waals surface area contributed by atoms with Gasteiger partial charge in [0.15, 0.2) is 15.7 Å². The SMILES string of the molecule is CCS(=O)(=O)c1ccc(Oc2cc3c(cc2CO)nc(-c2ccccn2)n3COCC[Si](C)(C)C)cc1. The summed E-state index contributed by atoms with van der Waals surface area (Å²) in [5, 5.41) is 10.1. The van der Waals surface area contributed by atoms with Crippen LogP contribution in [-0.4, -0.2) is 48.5 Å². The molecule has 4 aromatic rings. The summed E-state index contributed by atoms with van der Waals surface area (Å²) in [6.07, 6.45) is 1.72. The average Bonchev–Trinajstić information content (AvgIpc) is 3.23. The van der Waals surface area contributed by atoms with Gasteiger partial charge in [0.2, 0.25) is 0 Å². The summed E-state index contributed by atoms with van der Waals surface area (Å²) < 4.78 is 38.4. The lowest BCUT2D eigenvalue weighted by atomic mass is 10.2. The molecule has 0 fully saturated rings. The topological polar surface area (TPSA) is 104 Å². The Morgan fingerprint density at radius 1 is 1.05 bits per heavy atom. The summed E-state index contributed by atoms with van der Waals surface area (Å²) in [6.45, 7) is 9.26. The monoisotopic (exact) mass is 539 g/mol. The third kappa shape index (κ3) is 6.45. The number of fused-ring (bicyclic) bond motifs is 1. The first kappa shape index (κ1) is 27.0. The number of imidazole rings is 1. The molecule has 0 atom stereocenters. The molecule has 0 aliphatic rings. The third-order valence-electron chi connectivity index (χ3n) is 6.00. The Hall–Kier alpha value is -3.05. The van der Waals surface area contributed by atoms with Crippen molar-refractivity contribution in [3.05, 3.63) is 66.4 Å². The predicted octanol–water partition coefficient (Wildman–Crippen LogP) is 5.49. The lowest BCUT2D eigenvalue weighted by molar-refractivity contribution is 0.0909. The molecule has 2 aromatic carbocycles.